The van der Waals surface area contributed by atoms with E-state index in [-0.39, 0.29) is 11.9 Å². The Morgan fingerprint density at radius 3 is 2.65 bits per heavy atom. The molecule has 0 amide bonds. The van der Waals surface area contributed by atoms with Gasteiger partial charge in [-0.1, -0.05) is 30.0 Å². The predicted molar refractivity (Wildman–Crippen MR) is 77.0 cm³/mol. The molecule has 1 saturated heterocycles. The molecule has 1 aliphatic heterocycles. The summed E-state index contributed by atoms with van der Waals surface area (Å²) in [7, 11) is 0. The smallest absolute Gasteiger partial charge is 0.337 e. The summed E-state index contributed by atoms with van der Waals surface area (Å²) in [5.74, 6) is 5.83. The first-order chi connectivity index (χ1) is 9.46. The Kier molecular flexibility index (Phi) is 4.46. The molecule has 3 heteroatoms. The van der Waals surface area contributed by atoms with E-state index < -0.39 is 11.7 Å². The number of hydrogen-bond donors (Lipinski definition) is 0. The van der Waals surface area contributed by atoms with Gasteiger partial charge < -0.3 is 9.47 Å². The fourth-order valence-corrected chi connectivity index (χ4v) is 2.03. The largest absolute Gasteiger partial charge is 0.458 e. The van der Waals surface area contributed by atoms with Crippen LogP contribution in [0.3, 0.4) is 0 Å². The fourth-order valence-electron chi connectivity index (χ4n) is 2.03. The van der Waals surface area contributed by atoms with Gasteiger partial charge in [0, 0.05) is 12.2 Å². The lowest BCUT2D eigenvalue weighted by atomic mass is 10.0. The number of ether oxygens (including phenoxy) is 2. The van der Waals surface area contributed by atoms with Crippen molar-refractivity contribution in [1.29, 1.82) is 0 Å². The lowest BCUT2D eigenvalue weighted by molar-refractivity contribution is -0.166. The Morgan fingerprint density at radius 1 is 1.30 bits per heavy atom. The molecule has 0 aromatic heterocycles. The van der Waals surface area contributed by atoms with Crippen molar-refractivity contribution in [3.8, 4) is 11.8 Å². The standard InChI is InChI=1S/C17H20O3/c1-17(2,3)20-16(18)15-14(11-12-19-15)10-9-13-7-5-4-6-8-13/h4-8,14-15H,11-12H2,1-3H3/t14-,15-/m0/s1. The highest BCUT2D eigenvalue weighted by molar-refractivity contribution is 5.76. The van der Waals surface area contributed by atoms with Gasteiger partial charge in [0.2, 0.25) is 0 Å². The maximum absolute atomic E-state index is 12.1. The minimum atomic E-state index is -0.564. The third-order valence-corrected chi connectivity index (χ3v) is 2.91. The van der Waals surface area contributed by atoms with Crippen molar-refractivity contribution in [2.45, 2.75) is 38.9 Å². The molecule has 0 bridgehead atoms. The van der Waals surface area contributed by atoms with E-state index in [0.717, 1.165) is 12.0 Å². The molecule has 0 saturated carbocycles. The van der Waals surface area contributed by atoms with Gasteiger partial charge in [0.25, 0.3) is 0 Å². The lowest BCUT2D eigenvalue weighted by Gasteiger charge is -2.22. The zero-order chi connectivity index (χ0) is 14.6. The third-order valence-electron chi connectivity index (χ3n) is 2.91. The van der Waals surface area contributed by atoms with Crippen LogP contribution in [0.4, 0.5) is 0 Å². The first-order valence-electron chi connectivity index (χ1n) is 6.87. The molecule has 1 heterocycles. The van der Waals surface area contributed by atoms with E-state index in [0.29, 0.717) is 6.61 Å². The summed E-state index contributed by atoms with van der Waals surface area (Å²) in [4.78, 5) is 12.1. The average molecular weight is 272 g/mol. The maximum Gasteiger partial charge on any atom is 0.337 e. The van der Waals surface area contributed by atoms with Gasteiger partial charge in [-0.15, -0.1) is 0 Å². The number of benzene rings is 1. The van der Waals surface area contributed by atoms with Crippen LogP contribution < -0.4 is 0 Å². The van der Waals surface area contributed by atoms with Crippen LogP contribution in [0.5, 0.6) is 0 Å². The molecular formula is C17H20O3. The van der Waals surface area contributed by atoms with Crippen LogP contribution in [-0.4, -0.2) is 24.3 Å². The average Bonchev–Trinajstić information content (AvgIpc) is 2.84. The molecule has 2 rings (SSSR count). The van der Waals surface area contributed by atoms with Crippen LogP contribution in [-0.2, 0) is 14.3 Å². The van der Waals surface area contributed by atoms with Gasteiger partial charge in [-0.25, -0.2) is 4.79 Å². The normalized spacial score (nSPS) is 21.9. The predicted octanol–water partition coefficient (Wildman–Crippen LogP) is 2.78. The summed E-state index contributed by atoms with van der Waals surface area (Å²) >= 11 is 0. The molecule has 106 valence electrons. The number of esters is 1. The van der Waals surface area contributed by atoms with Crippen molar-refractivity contribution >= 4 is 5.97 Å². The van der Waals surface area contributed by atoms with Gasteiger partial charge in [-0.2, -0.15) is 0 Å². The van der Waals surface area contributed by atoms with Crippen LogP contribution in [0.1, 0.15) is 32.8 Å². The number of carbonyl (C=O) groups excluding carboxylic acids is 1. The van der Waals surface area contributed by atoms with E-state index in [1.807, 2.05) is 51.1 Å². The second-order valence-corrected chi connectivity index (χ2v) is 5.86. The van der Waals surface area contributed by atoms with Gasteiger partial charge >= 0.3 is 5.97 Å². The summed E-state index contributed by atoms with van der Waals surface area (Å²) in [6, 6.07) is 9.74. The summed E-state index contributed by atoms with van der Waals surface area (Å²) in [5.41, 5.74) is 0.447. The Bertz CT molecular complexity index is 517. The van der Waals surface area contributed by atoms with Crippen LogP contribution in [0.15, 0.2) is 30.3 Å². The van der Waals surface area contributed by atoms with Gasteiger partial charge in [0.15, 0.2) is 6.10 Å². The van der Waals surface area contributed by atoms with E-state index in [1.54, 1.807) is 0 Å². The molecule has 0 unspecified atom stereocenters. The monoisotopic (exact) mass is 272 g/mol. The molecule has 3 nitrogen and oxygen atoms in total. The molecule has 1 aromatic rings. The van der Waals surface area contributed by atoms with Crippen LogP contribution in [0.2, 0.25) is 0 Å². The second-order valence-electron chi connectivity index (χ2n) is 5.86. The summed E-state index contributed by atoms with van der Waals surface area (Å²) < 4.78 is 10.9. The summed E-state index contributed by atoms with van der Waals surface area (Å²) in [6.45, 7) is 6.11. The van der Waals surface area contributed by atoms with Crippen molar-refractivity contribution in [1.82, 2.24) is 0 Å². The highest BCUT2D eigenvalue weighted by Crippen LogP contribution is 2.23. The van der Waals surface area contributed by atoms with Crippen LogP contribution >= 0.6 is 0 Å². The third kappa shape index (κ3) is 4.11. The van der Waals surface area contributed by atoms with Gasteiger partial charge in [0.05, 0.1) is 5.92 Å². The fraction of sp³-hybridized carbons (Fsp3) is 0.471. The quantitative estimate of drug-likeness (QED) is 0.582. The van der Waals surface area contributed by atoms with E-state index in [9.17, 15) is 4.79 Å². The zero-order valence-corrected chi connectivity index (χ0v) is 12.2. The second kappa shape index (κ2) is 6.11. The molecule has 1 aliphatic rings. The van der Waals surface area contributed by atoms with E-state index in [2.05, 4.69) is 11.8 Å². The van der Waals surface area contributed by atoms with Crippen LogP contribution in [0.25, 0.3) is 0 Å². The van der Waals surface area contributed by atoms with Gasteiger partial charge in [-0.05, 0) is 39.3 Å². The highest BCUT2D eigenvalue weighted by atomic mass is 16.6. The minimum absolute atomic E-state index is 0.0925. The Labute approximate surface area is 120 Å². The number of rotatable bonds is 1. The Balaban J connectivity index is 2.05. The zero-order valence-electron chi connectivity index (χ0n) is 12.2. The molecule has 0 N–H and O–H groups in total. The van der Waals surface area contributed by atoms with Gasteiger partial charge in [-0.3, -0.25) is 0 Å². The first-order valence-corrected chi connectivity index (χ1v) is 6.87. The minimum Gasteiger partial charge on any atom is -0.458 e. The molecule has 1 aromatic carbocycles. The number of hydrogen-bond acceptors (Lipinski definition) is 3. The molecule has 20 heavy (non-hydrogen) atoms. The van der Waals surface area contributed by atoms with E-state index >= 15 is 0 Å². The summed E-state index contributed by atoms with van der Waals surface area (Å²) in [5, 5.41) is 0. The van der Waals surface area contributed by atoms with Crippen molar-refractivity contribution < 1.29 is 14.3 Å². The molecule has 2 atom stereocenters. The molecule has 0 spiro atoms. The topological polar surface area (TPSA) is 35.5 Å². The van der Waals surface area contributed by atoms with E-state index in [1.165, 1.54) is 0 Å². The van der Waals surface area contributed by atoms with Crippen molar-refractivity contribution in [2.75, 3.05) is 6.61 Å². The molecule has 0 radical (unpaired) electrons. The van der Waals surface area contributed by atoms with Crippen molar-refractivity contribution in [3.63, 3.8) is 0 Å². The maximum atomic E-state index is 12.1. The summed E-state index contributed by atoms with van der Waals surface area (Å²) in [6.07, 6.45) is 0.203. The lowest BCUT2D eigenvalue weighted by Crippen LogP contribution is -2.34. The molecular weight excluding hydrogens is 252 g/mol. The SMILES string of the molecule is CC(C)(C)OC(=O)[C@H]1OCC[C@@H]1C#Cc1ccccc1. The van der Waals surface area contributed by atoms with Crippen molar-refractivity contribution in [2.24, 2.45) is 5.92 Å². The Hall–Kier alpha value is -1.79. The molecule has 0 aliphatic carbocycles. The van der Waals surface area contributed by atoms with Gasteiger partial charge in [0.1, 0.15) is 5.60 Å². The Morgan fingerprint density at radius 2 is 2.00 bits per heavy atom. The van der Waals surface area contributed by atoms with Crippen molar-refractivity contribution in [3.05, 3.63) is 35.9 Å². The van der Waals surface area contributed by atoms with E-state index in [4.69, 9.17) is 9.47 Å². The van der Waals surface area contributed by atoms with Crippen LogP contribution in [0, 0.1) is 17.8 Å². The molecule has 1 fully saturated rings. The number of carbonyl (C=O) groups is 1. The first kappa shape index (κ1) is 14.6. The highest BCUT2D eigenvalue weighted by Gasteiger charge is 2.36.